The van der Waals surface area contributed by atoms with Crippen molar-refractivity contribution in [1.29, 1.82) is 0 Å². The molecule has 1 aromatic carbocycles. The molecule has 1 aliphatic heterocycles. The predicted molar refractivity (Wildman–Crippen MR) is 69.1 cm³/mol. The lowest BCUT2D eigenvalue weighted by Gasteiger charge is -2.43. The minimum atomic E-state index is -0.277. The highest BCUT2D eigenvalue weighted by Crippen LogP contribution is 2.42. The van der Waals surface area contributed by atoms with E-state index in [1.165, 1.54) is 12.5 Å². The first-order chi connectivity index (χ1) is 8.61. The van der Waals surface area contributed by atoms with Gasteiger partial charge in [0.1, 0.15) is 12.7 Å². The van der Waals surface area contributed by atoms with Gasteiger partial charge in [0, 0.05) is 12.8 Å². The van der Waals surface area contributed by atoms with Gasteiger partial charge in [0.15, 0.2) is 0 Å². The van der Waals surface area contributed by atoms with Crippen molar-refractivity contribution in [2.75, 3.05) is 6.61 Å². The Kier molecular flexibility index (Phi) is 3.82. The fourth-order valence-corrected chi connectivity index (χ4v) is 2.25. The Morgan fingerprint density at radius 2 is 2.33 bits per heavy atom. The summed E-state index contributed by atoms with van der Waals surface area (Å²) in [6, 6.07) is 8.24. The van der Waals surface area contributed by atoms with Gasteiger partial charge in [-0.05, 0) is 12.5 Å². The maximum absolute atomic E-state index is 10.8. The predicted octanol–water partition coefficient (Wildman–Crippen LogP) is 2.80. The number of ether oxygens (including phenoxy) is 2. The van der Waals surface area contributed by atoms with Crippen LogP contribution in [0.4, 0.5) is 0 Å². The van der Waals surface area contributed by atoms with Gasteiger partial charge in [-0.3, -0.25) is 4.79 Å². The maximum atomic E-state index is 10.8. The zero-order valence-electron chi connectivity index (χ0n) is 10.8. The van der Waals surface area contributed by atoms with Crippen molar-refractivity contribution in [3.63, 3.8) is 0 Å². The van der Waals surface area contributed by atoms with Crippen LogP contribution in [0.5, 0.6) is 0 Å². The van der Waals surface area contributed by atoms with Crippen molar-refractivity contribution >= 4 is 5.97 Å². The van der Waals surface area contributed by atoms with Crippen molar-refractivity contribution in [2.24, 2.45) is 5.92 Å². The van der Waals surface area contributed by atoms with Crippen molar-refractivity contribution in [3.8, 4) is 0 Å². The Labute approximate surface area is 107 Å². The summed E-state index contributed by atoms with van der Waals surface area (Å²) in [7, 11) is 0. The topological polar surface area (TPSA) is 35.5 Å². The van der Waals surface area contributed by atoms with Crippen molar-refractivity contribution in [1.82, 2.24) is 0 Å². The first-order valence-corrected chi connectivity index (χ1v) is 6.09. The minimum absolute atomic E-state index is 0.0305. The van der Waals surface area contributed by atoms with Gasteiger partial charge in [0.05, 0.1) is 6.10 Å². The van der Waals surface area contributed by atoms with Gasteiger partial charge in [-0.1, -0.05) is 35.9 Å². The molecule has 0 aromatic heterocycles. The molecule has 2 rings (SSSR count). The summed E-state index contributed by atoms with van der Waals surface area (Å²) >= 11 is 0. The van der Waals surface area contributed by atoms with E-state index in [0.717, 1.165) is 5.56 Å². The molecule has 0 amide bonds. The van der Waals surface area contributed by atoms with Gasteiger partial charge in [-0.2, -0.15) is 0 Å². The Bertz CT molecular complexity index is 453. The van der Waals surface area contributed by atoms with Crippen LogP contribution >= 0.6 is 0 Å². The van der Waals surface area contributed by atoms with Crippen LogP contribution in [0.15, 0.2) is 36.9 Å². The number of benzene rings is 1. The number of aryl methyl sites for hydroxylation is 1. The summed E-state index contributed by atoms with van der Waals surface area (Å²) in [6.07, 6.45) is 1.84. The minimum Gasteiger partial charge on any atom is -0.463 e. The molecule has 0 spiro atoms. The molecule has 1 saturated heterocycles. The first kappa shape index (κ1) is 12.8. The third-order valence-corrected chi connectivity index (χ3v) is 3.19. The Hall–Kier alpha value is -1.61. The fraction of sp³-hybridized carbons (Fsp3) is 0.400. The Balaban J connectivity index is 2.01. The molecule has 0 radical (unpaired) electrons. The van der Waals surface area contributed by atoms with Crippen molar-refractivity contribution in [2.45, 2.75) is 26.1 Å². The van der Waals surface area contributed by atoms with E-state index in [4.69, 9.17) is 9.47 Å². The molecule has 0 bridgehead atoms. The first-order valence-electron chi connectivity index (χ1n) is 6.09. The largest absolute Gasteiger partial charge is 0.463 e. The third-order valence-electron chi connectivity index (χ3n) is 3.19. The smallest absolute Gasteiger partial charge is 0.302 e. The molecule has 1 heterocycles. The second-order valence-corrected chi connectivity index (χ2v) is 4.62. The fourth-order valence-electron chi connectivity index (χ4n) is 2.25. The van der Waals surface area contributed by atoms with Gasteiger partial charge in [0.25, 0.3) is 0 Å². The number of esters is 1. The molecule has 0 aliphatic carbocycles. The van der Waals surface area contributed by atoms with Gasteiger partial charge in [0.2, 0.25) is 0 Å². The summed E-state index contributed by atoms with van der Waals surface area (Å²) in [4.78, 5) is 10.8. The molecule has 0 N–H and O–H groups in total. The van der Waals surface area contributed by atoms with Crippen LogP contribution < -0.4 is 0 Å². The number of carbonyl (C=O) groups is 1. The Morgan fingerprint density at radius 1 is 1.56 bits per heavy atom. The highest BCUT2D eigenvalue weighted by molar-refractivity contribution is 5.65. The lowest BCUT2D eigenvalue weighted by Crippen LogP contribution is -2.44. The zero-order chi connectivity index (χ0) is 13.1. The highest BCUT2D eigenvalue weighted by atomic mass is 16.6. The van der Waals surface area contributed by atoms with Gasteiger partial charge >= 0.3 is 5.97 Å². The number of hydrogen-bond acceptors (Lipinski definition) is 3. The van der Waals surface area contributed by atoms with E-state index in [2.05, 4.69) is 31.7 Å². The quantitative estimate of drug-likeness (QED) is 0.605. The number of rotatable bonds is 4. The standard InChI is InChI=1S/C15H18O3/c1-4-13-14(9-17-11(3)16)18-15(13)12-7-5-6-10(2)8-12/h4-8,13-15H,1,9H2,2-3H3/t13-,14-,15+/m1/s1. The molecule has 1 fully saturated rings. The van der Waals surface area contributed by atoms with Crippen LogP contribution in [0, 0.1) is 12.8 Å². The van der Waals surface area contributed by atoms with Gasteiger partial charge in [-0.25, -0.2) is 0 Å². The van der Waals surface area contributed by atoms with Crippen LogP contribution in [-0.2, 0) is 14.3 Å². The van der Waals surface area contributed by atoms with E-state index < -0.39 is 0 Å². The van der Waals surface area contributed by atoms with E-state index in [0.29, 0.717) is 6.61 Å². The molecule has 3 atom stereocenters. The Morgan fingerprint density at radius 3 is 2.94 bits per heavy atom. The van der Waals surface area contributed by atoms with E-state index in [1.54, 1.807) is 0 Å². The summed E-state index contributed by atoms with van der Waals surface area (Å²) < 4.78 is 10.8. The van der Waals surface area contributed by atoms with Crippen molar-refractivity contribution in [3.05, 3.63) is 48.0 Å². The second kappa shape index (κ2) is 5.36. The SMILES string of the molecule is C=C[C@@H]1[C@@H](COC(C)=O)O[C@H]1c1cccc(C)c1. The lowest BCUT2D eigenvalue weighted by molar-refractivity contribution is -0.194. The molecule has 3 heteroatoms. The highest BCUT2D eigenvalue weighted by Gasteiger charge is 2.41. The van der Waals surface area contributed by atoms with Crippen LogP contribution in [0.25, 0.3) is 0 Å². The summed E-state index contributed by atoms with van der Waals surface area (Å²) in [6.45, 7) is 7.60. The summed E-state index contributed by atoms with van der Waals surface area (Å²) in [5.41, 5.74) is 2.36. The van der Waals surface area contributed by atoms with Crippen LogP contribution in [0.2, 0.25) is 0 Å². The monoisotopic (exact) mass is 246 g/mol. The second-order valence-electron chi connectivity index (χ2n) is 4.62. The molecule has 0 unspecified atom stereocenters. The molecule has 3 nitrogen and oxygen atoms in total. The van der Waals surface area contributed by atoms with Crippen LogP contribution in [0.1, 0.15) is 24.2 Å². The zero-order valence-corrected chi connectivity index (χ0v) is 10.8. The molecule has 18 heavy (non-hydrogen) atoms. The van der Waals surface area contributed by atoms with Gasteiger partial charge < -0.3 is 9.47 Å². The molecular formula is C15H18O3. The number of carbonyl (C=O) groups excluding carboxylic acids is 1. The van der Waals surface area contributed by atoms with E-state index in [1.807, 2.05) is 12.1 Å². The molecule has 1 aliphatic rings. The summed E-state index contributed by atoms with van der Waals surface area (Å²) in [5.74, 6) is -0.0773. The molecule has 0 saturated carbocycles. The molecule has 96 valence electrons. The molecule has 1 aromatic rings. The number of hydrogen-bond donors (Lipinski definition) is 0. The lowest BCUT2D eigenvalue weighted by atomic mass is 9.85. The van der Waals surface area contributed by atoms with E-state index >= 15 is 0 Å². The van der Waals surface area contributed by atoms with E-state index in [9.17, 15) is 4.79 Å². The van der Waals surface area contributed by atoms with Crippen LogP contribution in [0.3, 0.4) is 0 Å². The maximum Gasteiger partial charge on any atom is 0.302 e. The van der Waals surface area contributed by atoms with Crippen molar-refractivity contribution < 1.29 is 14.3 Å². The van der Waals surface area contributed by atoms with Crippen LogP contribution in [-0.4, -0.2) is 18.7 Å². The third kappa shape index (κ3) is 2.62. The van der Waals surface area contributed by atoms with E-state index in [-0.39, 0.29) is 24.1 Å². The summed E-state index contributed by atoms with van der Waals surface area (Å²) in [5, 5.41) is 0. The average molecular weight is 246 g/mol. The average Bonchev–Trinajstić information content (AvgIpc) is 2.27. The normalized spacial score (nSPS) is 26.2. The molecular weight excluding hydrogens is 228 g/mol. The van der Waals surface area contributed by atoms with Gasteiger partial charge in [-0.15, -0.1) is 6.58 Å².